The van der Waals surface area contributed by atoms with Gasteiger partial charge in [0, 0.05) is 23.9 Å². The maximum Gasteiger partial charge on any atom is 0.146 e. The minimum Gasteiger partial charge on any atom is -0.396 e. The average Bonchev–Trinajstić information content (AvgIpc) is 2.70. The Morgan fingerprint density at radius 3 is 2.83 bits per heavy atom. The van der Waals surface area contributed by atoms with Gasteiger partial charge in [-0.2, -0.15) is 5.10 Å². The minimum absolute atomic E-state index is 0.0540. The van der Waals surface area contributed by atoms with Crippen molar-refractivity contribution >= 4 is 17.3 Å². The molecule has 0 aliphatic heterocycles. The molecule has 2 N–H and O–H groups in total. The van der Waals surface area contributed by atoms with Gasteiger partial charge in [0.1, 0.15) is 5.82 Å². The molecule has 0 aliphatic rings. The summed E-state index contributed by atoms with van der Waals surface area (Å²) in [5.41, 5.74) is 6.91. The molecule has 96 valence electrons. The zero-order chi connectivity index (χ0) is 13.3. The second kappa shape index (κ2) is 4.98. The van der Waals surface area contributed by atoms with E-state index in [1.54, 1.807) is 6.20 Å². The van der Waals surface area contributed by atoms with Crippen molar-refractivity contribution < 1.29 is 4.39 Å². The molecular weight excluding hydrogens is 253 g/mol. The molecule has 1 aromatic carbocycles. The van der Waals surface area contributed by atoms with E-state index in [1.165, 1.54) is 12.1 Å². The van der Waals surface area contributed by atoms with E-state index in [4.69, 9.17) is 17.3 Å². The van der Waals surface area contributed by atoms with E-state index in [0.717, 1.165) is 12.1 Å². The third-order valence-electron chi connectivity index (χ3n) is 2.58. The van der Waals surface area contributed by atoms with Crippen LogP contribution in [0.15, 0.2) is 24.5 Å². The van der Waals surface area contributed by atoms with Crippen molar-refractivity contribution in [1.29, 1.82) is 0 Å². The van der Waals surface area contributed by atoms with Gasteiger partial charge in [-0.25, -0.2) is 4.39 Å². The Hall–Kier alpha value is -1.55. The van der Waals surface area contributed by atoms with Crippen LogP contribution in [0.1, 0.15) is 13.8 Å². The SMILES string of the molecule is CC(C)Cn1cc(-c2cc(F)c(N)cc2Cl)cn1. The number of benzene rings is 1. The van der Waals surface area contributed by atoms with E-state index in [1.807, 2.05) is 10.9 Å². The summed E-state index contributed by atoms with van der Waals surface area (Å²) in [6.07, 6.45) is 3.54. The zero-order valence-electron chi connectivity index (χ0n) is 10.3. The Bertz CT molecular complexity index is 563. The van der Waals surface area contributed by atoms with Crippen LogP contribution in [-0.2, 0) is 6.54 Å². The Balaban J connectivity index is 2.37. The molecule has 18 heavy (non-hydrogen) atoms. The van der Waals surface area contributed by atoms with Gasteiger partial charge in [-0.15, -0.1) is 0 Å². The highest BCUT2D eigenvalue weighted by molar-refractivity contribution is 6.33. The van der Waals surface area contributed by atoms with Gasteiger partial charge in [-0.05, 0) is 18.1 Å². The van der Waals surface area contributed by atoms with Gasteiger partial charge in [0.2, 0.25) is 0 Å². The molecule has 1 aromatic heterocycles. The fourth-order valence-electron chi connectivity index (χ4n) is 1.76. The van der Waals surface area contributed by atoms with E-state index < -0.39 is 5.82 Å². The van der Waals surface area contributed by atoms with E-state index in [2.05, 4.69) is 18.9 Å². The molecule has 1 heterocycles. The monoisotopic (exact) mass is 267 g/mol. The maximum atomic E-state index is 13.5. The first-order chi connectivity index (χ1) is 8.47. The molecule has 0 unspecified atom stereocenters. The molecule has 0 radical (unpaired) electrons. The predicted molar refractivity (Wildman–Crippen MR) is 71.9 cm³/mol. The molecule has 0 saturated carbocycles. The van der Waals surface area contributed by atoms with Gasteiger partial charge in [0.25, 0.3) is 0 Å². The summed E-state index contributed by atoms with van der Waals surface area (Å²) >= 11 is 6.07. The topological polar surface area (TPSA) is 43.8 Å². The summed E-state index contributed by atoms with van der Waals surface area (Å²) in [5, 5.41) is 4.66. The van der Waals surface area contributed by atoms with Crippen LogP contribution in [0.5, 0.6) is 0 Å². The summed E-state index contributed by atoms with van der Waals surface area (Å²) in [4.78, 5) is 0. The standard InChI is InChI=1S/C13H15ClFN3/c1-8(2)6-18-7-9(5-17-18)10-3-12(15)13(16)4-11(10)14/h3-5,7-8H,6,16H2,1-2H3. The van der Waals surface area contributed by atoms with E-state index in [-0.39, 0.29) is 5.69 Å². The molecule has 0 atom stereocenters. The highest BCUT2D eigenvalue weighted by atomic mass is 35.5. The number of aromatic nitrogens is 2. The summed E-state index contributed by atoms with van der Waals surface area (Å²) in [6, 6.07) is 2.76. The van der Waals surface area contributed by atoms with Gasteiger partial charge >= 0.3 is 0 Å². The second-order valence-electron chi connectivity index (χ2n) is 4.70. The number of hydrogen-bond acceptors (Lipinski definition) is 2. The largest absolute Gasteiger partial charge is 0.396 e. The van der Waals surface area contributed by atoms with Crippen LogP contribution in [0, 0.1) is 11.7 Å². The molecular formula is C13H15ClFN3. The number of hydrogen-bond donors (Lipinski definition) is 1. The van der Waals surface area contributed by atoms with Crippen LogP contribution in [0.3, 0.4) is 0 Å². The Labute approximate surface area is 110 Å². The third kappa shape index (κ3) is 2.64. The van der Waals surface area contributed by atoms with E-state index in [9.17, 15) is 4.39 Å². The Morgan fingerprint density at radius 1 is 1.44 bits per heavy atom. The van der Waals surface area contributed by atoms with Gasteiger partial charge in [0.15, 0.2) is 0 Å². The lowest BCUT2D eigenvalue weighted by Gasteiger charge is -2.05. The molecule has 2 rings (SSSR count). The number of nitrogens with two attached hydrogens (primary N) is 1. The van der Waals surface area contributed by atoms with Gasteiger partial charge in [0.05, 0.1) is 16.9 Å². The first kappa shape index (κ1) is 12.9. The van der Waals surface area contributed by atoms with Crippen LogP contribution >= 0.6 is 11.6 Å². The van der Waals surface area contributed by atoms with Gasteiger partial charge in [-0.1, -0.05) is 25.4 Å². The predicted octanol–water partition coefficient (Wildman–Crippen LogP) is 3.58. The van der Waals surface area contributed by atoms with Crippen molar-refractivity contribution in [3.8, 4) is 11.1 Å². The molecule has 0 amide bonds. The molecule has 0 bridgehead atoms. The van der Waals surface area contributed by atoms with Crippen molar-refractivity contribution in [2.75, 3.05) is 5.73 Å². The second-order valence-corrected chi connectivity index (χ2v) is 5.11. The third-order valence-corrected chi connectivity index (χ3v) is 2.90. The molecule has 2 aromatic rings. The smallest absolute Gasteiger partial charge is 0.146 e. The zero-order valence-corrected chi connectivity index (χ0v) is 11.1. The summed E-state index contributed by atoms with van der Waals surface area (Å²) in [6.45, 7) is 5.03. The average molecular weight is 268 g/mol. The molecule has 0 saturated heterocycles. The summed E-state index contributed by atoms with van der Waals surface area (Å²) in [5.74, 6) is 0.0300. The first-order valence-corrected chi connectivity index (χ1v) is 6.12. The van der Waals surface area contributed by atoms with E-state index >= 15 is 0 Å². The van der Waals surface area contributed by atoms with Crippen LogP contribution < -0.4 is 5.73 Å². The molecule has 5 heteroatoms. The van der Waals surface area contributed by atoms with Crippen LogP contribution in [0.25, 0.3) is 11.1 Å². The van der Waals surface area contributed by atoms with Crippen molar-refractivity contribution in [3.05, 3.63) is 35.4 Å². The van der Waals surface area contributed by atoms with Crippen molar-refractivity contribution in [3.63, 3.8) is 0 Å². The van der Waals surface area contributed by atoms with Crippen LogP contribution in [0.4, 0.5) is 10.1 Å². The minimum atomic E-state index is -0.467. The quantitative estimate of drug-likeness (QED) is 0.864. The maximum absolute atomic E-state index is 13.5. The lowest BCUT2D eigenvalue weighted by molar-refractivity contribution is 0.483. The molecule has 0 spiro atoms. The Morgan fingerprint density at radius 2 is 2.17 bits per heavy atom. The highest BCUT2D eigenvalue weighted by Gasteiger charge is 2.10. The van der Waals surface area contributed by atoms with Crippen LogP contribution in [0.2, 0.25) is 5.02 Å². The highest BCUT2D eigenvalue weighted by Crippen LogP contribution is 2.31. The van der Waals surface area contributed by atoms with Gasteiger partial charge in [-0.3, -0.25) is 4.68 Å². The van der Waals surface area contributed by atoms with Crippen LogP contribution in [-0.4, -0.2) is 9.78 Å². The van der Waals surface area contributed by atoms with Gasteiger partial charge < -0.3 is 5.73 Å². The number of anilines is 1. The first-order valence-electron chi connectivity index (χ1n) is 5.74. The van der Waals surface area contributed by atoms with Crippen molar-refractivity contribution in [2.24, 2.45) is 5.92 Å². The fourth-order valence-corrected chi connectivity index (χ4v) is 2.04. The number of halogens is 2. The molecule has 0 aliphatic carbocycles. The fraction of sp³-hybridized carbons (Fsp3) is 0.308. The lowest BCUT2D eigenvalue weighted by Crippen LogP contribution is -2.04. The molecule has 0 fully saturated rings. The van der Waals surface area contributed by atoms with Crippen molar-refractivity contribution in [2.45, 2.75) is 20.4 Å². The summed E-state index contributed by atoms with van der Waals surface area (Å²) < 4.78 is 15.3. The Kier molecular flexibility index (Phi) is 3.57. The molecule has 3 nitrogen and oxygen atoms in total. The van der Waals surface area contributed by atoms with Crippen molar-refractivity contribution in [1.82, 2.24) is 9.78 Å². The normalized spacial score (nSPS) is 11.2. The summed E-state index contributed by atoms with van der Waals surface area (Å²) in [7, 11) is 0. The number of nitrogen functional groups attached to an aromatic ring is 1. The lowest BCUT2D eigenvalue weighted by atomic mass is 10.1. The number of nitrogens with zero attached hydrogens (tertiary/aromatic N) is 2. The van der Waals surface area contributed by atoms with E-state index in [0.29, 0.717) is 16.5 Å². The number of rotatable bonds is 3.